The summed E-state index contributed by atoms with van der Waals surface area (Å²) in [6, 6.07) is 8.71. The smallest absolute Gasteiger partial charge is 0.294 e. The Morgan fingerprint density at radius 2 is 1.48 bits per heavy atom. The molecule has 2 aromatic rings. The largest absolute Gasteiger partial charge is 0.385 e. The minimum Gasteiger partial charge on any atom is -0.385 e. The Balaban J connectivity index is 1.47. The number of hydrogen-bond donors (Lipinski definition) is 4. The quantitative estimate of drug-likeness (QED) is 0.0597. The van der Waals surface area contributed by atoms with Gasteiger partial charge in [-0.2, -0.15) is 29.8 Å². The lowest BCUT2D eigenvalue weighted by atomic mass is 9.76. The highest BCUT2D eigenvalue weighted by Gasteiger charge is 2.48. The molecule has 332 valence electrons. The highest BCUT2D eigenvalue weighted by molar-refractivity contribution is 7.86. The number of nitrogens with zero attached hydrogens (tertiary/aromatic N) is 3. The van der Waals surface area contributed by atoms with Crippen LogP contribution in [-0.4, -0.2) is 117 Å². The van der Waals surface area contributed by atoms with Gasteiger partial charge in [-0.05, 0) is 94.8 Å². The van der Waals surface area contributed by atoms with Crippen molar-refractivity contribution in [2.24, 2.45) is 0 Å². The lowest BCUT2D eigenvalue weighted by Crippen LogP contribution is -2.38. The van der Waals surface area contributed by atoms with Crippen molar-refractivity contribution in [2.45, 2.75) is 86.3 Å². The van der Waals surface area contributed by atoms with Gasteiger partial charge in [0.25, 0.3) is 42.2 Å². The number of anilines is 1. The van der Waals surface area contributed by atoms with E-state index >= 15 is 0 Å². The molecule has 61 heavy (non-hydrogen) atoms. The number of carbonyl (C=O) groups is 3. The van der Waals surface area contributed by atoms with Crippen molar-refractivity contribution in [3.63, 3.8) is 0 Å². The molecule has 5 rings (SSSR count). The van der Waals surface area contributed by atoms with E-state index in [1.54, 1.807) is 19.2 Å². The first-order chi connectivity index (χ1) is 28.5. The predicted octanol–water partition coefficient (Wildman–Crippen LogP) is 4.08. The summed E-state index contributed by atoms with van der Waals surface area (Å²) >= 11 is 0. The number of likely N-dealkylation sites (N-methyl/N-ethyl adjacent to an activating group) is 1. The maximum absolute atomic E-state index is 12.6. The fraction of sp³-hybridized carbons (Fsp3) is 0.463. The summed E-state index contributed by atoms with van der Waals surface area (Å²) in [5.41, 5.74) is 2.25. The molecule has 0 saturated heterocycles. The van der Waals surface area contributed by atoms with Crippen LogP contribution in [0.25, 0.3) is 0 Å². The van der Waals surface area contributed by atoms with Gasteiger partial charge >= 0.3 is 0 Å². The van der Waals surface area contributed by atoms with Crippen LogP contribution in [0, 0.1) is 0 Å². The summed E-state index contributed by atoms with van der Waals surface area (Å²) in [5.74, 6) is -1.59. The second-order valence-electron chi connectivity index (χ2n) is 15.6. The molecular formula is C41H53N4O13S3+. The number of unbranched alkanes of at least 4 members (excludes halogenated alkanes) is 2. The second kappa shape index (κ2) is 18.8. The Morgan fingerprint density at radius 3 is 2.08 bits per heavy atom. The van der Waals surface area contributed by atoms with Gasteiger partial charge in [0.15, 0.2) is 5.71 Å². The normalized spacial score (nSPS) is 21.1. The fourth-order valence-electron chi connectivity index (χ4n) is 8.42. The number of fused-ring (bicyclic) bond motifs is 2. The van der Waals surface area contributed by atoms with E-state index in [9.17, 15) is 53.3 Å². The van der Waals surface area contributed by atoms with Crippen LogP contribution >= 0.6 is 0 Å². The van der Waals surface area contributed by atoms with Gasteiger partial charge in [-0.1, -0.05) is 6.08 Å². The lowest BCUT2D eigenvalue weighted by molar-refractivity contribution is -0.438. The predicted molar refractivity (Wildman–Crippen MR) is 227 cm³/mol. The molecule has 3 heterocycles. The third kappa shape index (κ3) is 10.7. The molecule has 0 aliphatic carbocycles. The van der Waals surface area contributed by atoms with Crippen LogP contribution in [0.1, 0.15) is 76.8 Å². The van der Waals surface area contributed by atoms with Gasteiger partial charge in [-0.25, -0.2) is 0 Å². The molecule has 0 spiro atoms. The van der Waals surface area contributed by atoms with Crippen LogP contribution in [0.5, 0.6) is 0 Å². The Kier molecular flexibility index (Phi) is 14.6. The van der Waals surface area contributed by atoms with Gasteiger partial charge < -0.3 is 15.0 Å². The van der Waals surface area contributed by atoms with E-state index in [0.717, 1.165) is 10.6 Å². The Bertz CT molecular complexity index is 2510. The fourth-order valence-corrected chi connectivity index (χ4v) is 9.94. The monoisotopic (exact) mass is 905 g/mol. The van der Waals surface area contributed by atoms with E-state index in [-0.39, 0.29) is 48.1 Å². The van der Waals surface area contributed by atoms with E-state index < -0.39 is 58.8 Å². The first-order valence-corrected chi connectivity index (χ1v) is 24.3. The zero-order valence-corrected chi connectivity index (χ0v) is 37.0. The van der Waals surface area contributed by atoms with Crippen LogP contribution in [0.3, 0.4) is 0 Å². The van der Waals surface area contributed by atoms with E-state index in [2.05, 4.69) is 9.89 Å². The van der Waals surface area contributed by atoms with Crippen LogP contribution in [0.4, 0.5) is 11.4 Å². The first-order valence-electron chi connectivity index (χ1n) is 19.8. The van der Waals surface area contributed by atoms with Gasteiger partial charge in [0.05, 0.1) is 21.0 Å². The van der Waals surface area contributed by atoms with Crippen LogP contribution < -0.4 is 10.2 Å². The number of hydrogen-bond acceptors (Lipinski definition) is 11. The maximum Gasteiger partial charge on any atom is 0.294 e. The summed E-state index contributed by atoms with van der Waals surface area (Å²) in [6.07, 6.45) is 10.6. The number of imide groups is 1. The highest BCUT2D eigenvalue weighted by atomic mass is 32.2. The number of rotatable bonds is 21. The van der Waals surface area contributed by atoms with Crippen molar-refractivity contribution in [3.05, 3.63) is 83.6 Å². The number of methoxy groups -OCH3 is 1. The van der Waals surface area contributed by atoms with Crippen LogP contribution in [0.15, 0.2) is 82.3 Å². The van der Waals surface area contributed by atoms with Crippen molar-refractivity contribution < 1.29 is 62.6 Å². The molecule has 0 fully saturated rings. The van der Waals surface area contributed by atoms with Gasteiger partial charge in [-0.3, -0.25) is 32.9 Å². The van der Waals surface area contributed by atoms with Crippen LogP contribution in [-0.2, 0) is 60.3 Å². The summed E-state index contributed by atoms with van der Waals surface area (Å²) in [7, 11) is -11.9. The summed E-state index contributed by atoms with van der Waals surface area (Å²) < 4.78 is 110. The molecule has 0 aromatic heterocycles. The molecule has 0 radical (unpaired) electrons. The lowest BCUT2D eigenvalue weighted by Gasteiger charge is -2.30. The SMILES string of the molecule is CCN1C(=CC=CC2=[N+](CCCCCC(=O)NCCN3C(=O)C=CC3=O)c3ccc(S(=O)(=O)O)cc3C2(C)CCOC)C(C)(CCCS(=O)(=O)O)c2cc(S(=O)(=O)O)ccc21. The van der Waals surface area contributed by atoms with Gasteiger partial charge in [0.1, 0.15) is 6.54 Å². The second-order valence-corrected chi connectivity index (χ2v) is 20.0. The Hall–Kier alpha value is -4.57. The zero-order valence-electron chi connectivity index (χ0n) is 34.5. The van der Waals surface area contributed by atoms with Gasteiger partial charge in [-0.15, -0.1) is 0 Å². The molecule has 3 amide bonds. The minimum absolute atomic E-state index is 0.0368. The minimum atomic E-state index is -4.58. The Labute approximate surface area is 357 Å². The van der Waals surface area contributed by atoms with Crippen molar-refractivity contribution >= 4 is 65.2 Å². The van der Waals surface area contributed by atoms with Gasteiger partial charge in [0.2, 0.25) is 11.6 Å². The Morgan fingerprint density at radius 1 is 0.836 bits per heavy atom. The summed E-state index contributed by atoms with van der Waals surface area (Å²) in [4.78, 5) is 38.5. The first kappa shape index (κ1) is 47.5. The molecule has 0 saturated carbocycles. The third-order valence-electron chi connectivity index (χ3n) is 11.6. The average Bonchev–Trinajstić information content (AvgIpc) is 3.71. The van der Waals surface area contributed by atoms with Crippen molar-refractivity contribution in [1.82, 2.24) is 10.2 Å². The van der Waals surface area contributed by atoms with Crippen molar-refractivity contribution in [3.8, 4) is 0 Å². The van der Waals surface area contributed by atoms with Crippen molar-refractivity contribution in [1.29, 1.82) is 0 Å². The maximum atomic E-state index is 12.6. The van der Waals surface area contributed by atoms with Gasteiger partial charge in [0, 0.05) is 92.8 Å². The highest BCUT2D eigenvalue weighted by Crippen LogP contribution is 2.51. The van der Waals surface area contributed by atoms with E-state index in [0.29, 0.717) is 73.6 Å². The molecule has 2 atom stereocenters. The molecule has 4 N–H and O–H groups in total. The molecule has 2 aromatic carbocycles. The van der Waals surface area contributed by atoms with E-state index in [1.807, 2.05) is 43.9 Å². The number of nitrogens with one attached hydrogen (secondary N) is 1. The molecule has 3 aliphatic rings. The third-order valence-corrected chi connectivity index (χ3v) is 14.1. The molecule has 17 nitrogen and oxygen atoms in total. The standard InChI is InChI=1S/C41H52N4O13S3/c1-5-43-33-16-14-29(60(52,53)54)27-31(33)40(2,20-10-26-59(49,50)51)35(43)11-9-12-36-41(3,21-25-58-4)32-28-30(61(55,56)57)15-17-34(32)44(36)23-8-6-7-13-37(46)42-22-24-45-38(47)18-19-39(45)48/h9,11-12,14-19,27-28H,5-8,10,13,20-26H2,1-4H3,(H3-,42,46,49,50,51,52,53,54,55,56,57)/p+1. The van der Waals surface area contributed by atoms with E-state index in [4.69, 9.17) is 4.74 Å². The zero-order chi connectivity index (χ0) is 45.0. The van der Waals surface area contributed by atoms with E-state index in [1.165, 1.54) is 36.4 Å². The molecule has 2 unspecified atom stereocenters. The molecular weight excluding hydrogens is 853 g/mol. The topological polar surface area (TPSA) is 245 Å². The summed E-state index contributed by atoms with van der Waals surface area (Å²) in [5, 5.41) is 2.74. The molecule has 3 aliphatic heterocycles. The number of amides is 3. The molecule has 20 heteroatoms. The number of benzene rings is 2. The molecule has 0 bridgehead atoms. The average molecular weight is 906 g/mol. The van der Waals surface area contributed by atoms with Crippen LogP contribution in [0.2, 0.25) is 0 Å². The number of ether oxygens (including phenoxy) is 1. The number of carbonyl (C=O) groups excluding carboxylic acids is 3. The summed E-state index contributed by atoms with van der Waals surface area (Å²) in [6.45, 7) is 7.10. The number of allylic oxidation sites excluding steroid dienone is 4. The van der Waals surface area contributed by atoms with Crippen molar-refractivity contribution in [2.75, 3.05) is 50.5 Å².